The fourth-order valence-electron chi connectivity index (χ4n) is 2.97. The lowest BCUT2D eigenvalue weighted by atomic mass is 10.2. The number of carbonyl (C=O) groups is 2. The van der Waals surface area contributed by atoms with Crippen LogP contribution in [0.4, 0.5) is 5.69 Å². The standard InChI is InChI=1S/C22H24N4O4S/c1-25(2)20(29)15-8-10-16(11-9-15)23-19(28)14-31-22-24-18-7-4-3-6-17(18)21(30)26(22)12-5-13-27/h3-4,6-11,27H,5,12-14H2,1-2H3,(H,23,28). The summed E-state index contributed by atoms with van der Waals surface area (Å²) in [6, 6.07) is 13.7. The summed E-state index contributed by atoms with van der Waals surface area (Å²) in [4.78, 5) is 43.2. The Morgan fingerprint density at radius 2 is 1.84 bits per heavy atom. The highest BCUT2D eigenvalue weighted by atomic mass is 32.2. The normalized spacial score (nSPS) is 10.8. The van der Waals surface area contributed by atoms with Crippen molar-refractivity contribution in [2.45, 2.75) is 18.1 Å². The Morgan fingerprint density at radius 1 is 1.13 bits per heavy atom. The molecule has 0 saturated carbocycles. The van der Waals surface area contributed by atoms with Gasteiger partial charge in [-0.05, 0) is 42.8 Å². The summed E-state index contributed by atoms with van der Waals surface area (Å²) in [6.45, 7) is 0.272. The zero-order chi connectivity index (χ0) is 22.4. The third kappa shape index (κ3) is 5.50. The van der Waals surface area contributed by atoms with Gasteiger partial charge in [-0.25, -0.2) is 4.98 Å². The summed E-state index contributed by atoms with van der Waals surface area (Å²) in [5.74, 6) is -0.313. The van der Waals surface area contributed by atoms with Crippen LogP contribution in [0.1, 0.15) is 16.8 Å². The summed E-state index contributed by atoms with van der Waals surface area (Å²) >= 11 is 1.16. The van der Waals surface area contributed by atoms with E-state index >= 15 is 0 Å². The number of nitrogens with zero attached hydrogens (tertiary/aromatic N) is 3. The van der Waals surface area contributed by atoms with Crippen LogP contribution in [0.25, 0.3) is 10.9 Å². The van der Waals surface area contributed by atoms with Gasteiger partial charge in [0.05, 0.1) is 16.7 Å². The molecule has 0 saturated heterocycles. The van der Waals surface area contributed by atoms with E-state index in [1.54, 1.807) is 62.6 Å². The molecule has 0 aliphatic rings. The van der Waals surface area contributed by atoms with Crippen molar-refractivity contribution >= 4 is 40.2 Å². The fraction of sp³-hybridized carbons (Fsp3) is 0.273. The van der Waals surface area contributed by atoms with Crippen LogP contribution in [-0.4, -0.2) is 57.8 Å². The molecule has 0 radical (unpaired) electrons. The molecule has 1 aromatic heterocycles. The Balaban J connectivity index is 1.72. The molecule has 1 heterocycles. The summed E-state index contributed by atoms with van der Waals surface area (Å²) in [7, 11) is 3.35. The van der Waals surface area contributed by atoms with Crippen LogP contribution in [0.15, 0.2) is 58.5 Å². The number of amides is 2. The Labute approximate surface area is 183 Å². The molecular weight excluding hydrogens is 416 g/mol. The Hall–Kier alpha value is -3.17. The van der Waals surface area contributed by atoms with E-state index in [9.17, 15) is 14.4 Å². The number of thioether (sulfide) groups is 1. The number of nitrogens with one attached hydrogen (secondary N) is 1. The van der Waals surface area contributed by atoms with Crippen molar-refractivity contribution in [3.8, 4) is 0 Å². The fourth-order valence-corrected chi connectivity index (χ4v) is 3.79. The smallest absolute Gasteiger partial charge is 0.262 e. The van der Waals surface area contributed by atoms with Crippen LogP contribution in [0.3, 0.4) is 0 Å². The van der Waals surface area contributed by atoms with Crippen molar-refractivity contribution in [3.63, 3.8) is 0 Å². The molecule has 9 heteroatoms. The highest BCUT2D eigenvalue weighted by Crippen LogP contribution is 2.19. The molecule has 162 valence electrons. The van der Waals surface area contributed by atoms with Crippen LogP contribution in [0.5, 0.6) is 0 Å². The number of para-hydroxylation sites is 1. The zero-order valence-corrected chi connectivity index (χ0v) is 18.2. The molecule has 2 amide bonds. The highest BCUT2D eigenvalue weighted by molar-refractivity contribution is 7.99. The number of hydrogen-bond donors (Lipinski definition) is 2. The molecule has 0 fully saturated rings. The van der Waals surface area contributed by atoms with Crippen molar-refractivity contribution in [2.75, 3.05) is 31.8 Å². The number of carbonyl (C=O) groups excluding carboxylic acids is 2. The predicted molar refractivity (Wildman–Crippen MR) is 122 cm³/mol. The average molecular weight is 441 g/mol. The number of rotatable bonds is 8. The van der Waals surface area contributed by atoms with Gasteiger partial charge in [-0.15, -0.1) is 0 Å². The third-order valence-electron chi connectivity index (χ3n) is 4.52. The van der Waals surface area contributed by atoms with Crippen molar-refractivity contribution < 1.29 is 14.7 Å². The molecule has 0 aliphatic carbocycles. The maximum Gasteiger partial charge on any atom is 0.262 e. The van der Waals surface area contributed by atoms with E-state index < -0.39 is 0 Å². The number of fused-ring (bicyclic) bond motifs is 1. The van der Waals surface area contributed by atoms with Gasteiger partial charge in [0, 0.05) is 38.5 Å². The molecule has 0 bridgehead atoms. The second-order valence-corrected chi connectivity index (χ2v) is 8.00. The first-order valence-corrected chi connectivity index (χ1v) is 10.7. The molecule has 0 aliphatic heterocycles. The van der Waals surface area contributed by atoms with Crippen LogP contribution >= 0.6 is 11.8 Å². The van der Waals surface area contributed by atoms with Gasteiger partial charge in [-0.3, -0.25) is 19.0 Å². The number of hydrogen-bond acceptors (Lipinski definition) is 6. The molecule has 3 aromatic rings. The van der Waals surface area contributed by atoms with Crippen molar-refractivity contribution in [1.82, 2.24) is 14.5 Å². The van der Waals surface area contributed by atoms with E-state index in [4.69, 9.17) is 5.11 Å². The lowest BCUT2D eigenvalue weighted by Gasteiger charge is -2.13. The number of aliphatic hydroxyl groups excluding tert-OH is 1. The summed E-state index contributed by atoms with van der Waals surface area (Å²) in [5, 5.41) is 12.9. The summed E-state index contributed by atoms with van der Waals surface area (Å²) < 4.78 is 1.50. The predicted octanol–water partition coefficient (Wildman–Crippen LogP) is 2.21. The van der Waals surface area contributed by atoms with Gasteiger partial charge < -0.3 is 15.3 Å². The first-order chi connectivity index (χ1) is 14.9. The minimum atomic E-state index is -0.257. The third-order valence-corrected chi connectivity index (χ3v) is 5.50. The summed E-state index contributed by atoms with van der Waals surface area (Å²) in [5.41, 5.74) is 1.48. The molecule has 31 heavy (non-hydrogen) atoms. The quantitative estimate of drug-likeness (QED) is 0.411. The monoisotopic (exact) mass is 440 g/mol. The lowest BCUT2D eigenvalue weighted by molar-refractivity contribution is -0.113. The molecule has 0 spiro atoms. The number of anilines is 1. The van der Waals surface area contributed by atoms with E-state index in [-0.39, 0.29) is 29.7 Å². The number of benzene rings is 2. The second kappa shape index (κ2) is 10.2. The lowest BCUT2D eigenvalue weighted by Crippen LogP contribution is -2.25. The molecule has 0 unspecified atom stereocenters. The number of aromatic nitrogens is 2. The van der Waals surface area contributed by atoms with E-state index in [0.717, 1.165) is 11.8 Å². The first kappa shape index (κ1) is 22.5. The van der Waals surface area contributed by atoms with Gasteiger partial charge in [-0.2, -0.15) is 0 Å². The molecule has 3 rings (SSSR count). The van der Waals surface area contributed by atoms with Crippen LogP contribution in [0.2, 0.25) is 0 Å². The topological polar surface area (TPSA) is 105 Å². The Bertz CT molecular complexity index is 1140. The minimum absolute atomic E-state index is 0.0455. The van der Waals surface area contributed by atoms with E-state index in [2.05, 4.69) is 10.3 Å². The zero-order valence-electron chi connectivity index (χ0n) is 17.4. The minimum Gasteiger partial charge on any atom is -0.396 e. The number of aliphatic hydroxyl groups is 1. The van der Waals surface area contributed by atoms with E-state index in [1.165, 1.54) is 9.47 Å². The molecule has 0 atom stereocenters. The SMILES string of the molecule is CN(C)C(=O)c1ccc(NC(=O)CSc2nc3ccccc3c(=O)n2CCCO)cc1. The van der Waals surface area contributed by atoms with Crippen LogP contribution in [-0.2, 0) is 11.3 Å². The van der Waals surface area contributed by atoms with E-state index in [1.807, 2.05) is 0 Å². The molecule has 8 nitrogen and oxygen atoms in total. The first-order valence-electron chi connectivity index (χ1n) is 9.75. The Kier molecular flexibility index (Phi) is 7.43. The van der Waals surface area contributed by atoms with Gasteiger partial charge in [0.25, 0.3) is 11.5 Å². The molecule has 2 N–H and O–H groups in total. The van der Waals surface area contributed by atoms with E-state index in [0.29, 0.717) is 40.3 Å². The van der Waals surface area contributed by atoms with Gasteiger partial charge in [0.2, 0.25) is 5.91 Å². The molecule has 2 aromatic carbocycles. The summed E-state index contributed by atoms with van der Waals surface area (Å²) in [6.07, 6.45) is 0.414. The average Bonchev–Trinajstić information content (AvgIpc) is 2.77. The maximum atomic E-state index is 12.8. The van der Waals surface area contributed by atoms with Gasteiger partial charge in [0.1, 0.15) is 0 Å². The van der Waals surface area contributed by atoms with Gasteiger partial charge >= 0.3 is 0 Å². The molecular formula is C22H24N4O4S. The maximum absolute atomic E-state index is 12.8. The second-order valence-electron chi connectivity index (χ2n) is 7.06. The van der Waals surface area contributed by atoms with Crippen LogP contribution in [0, 0.1) is 0 Å². The van der Waals surface area contributed by atoms with Crippen molar-refractivity contribution in [2.24, 2.45) is 0 Å². The van der Waals surface area contributed by atoms with Crippen molar-refractivity contribution in [3.05, 3.63) is 64.4 Å². The van der Waals surface area contributed by atoms with Gasteiger partial charge in [-0.1, -0.05) is 23.9 Å². The van der Waals surface area contributed by atoms with Gasteiger partial charge in [0.15, 0.2) is 5.16 Å². The largest absolute Gasteiger partial charge is 0.396 e. The highest BCUT2D eigenvalue weighted by Gasteiger charge is 2.14. The Morgan fingerprint density at radius 3 is 2.52 bits per heavy atom. The van der Waals surface area contributed by atoms with Crippen molar-refractivity contribution in [1.29, 1.82) is 0 Å². The van der Waals surface area contributed by atoms with Crippen LogP contribution < -0.4 is 10.9 Å².